The first-order valence-electron chi connectivity index (χ1n) is 6.27. The Morgan fingerprint density at radius 1 is 1.42 bits per heavy atom. The van der Waals surface area contributed by atoms with Crippen LogP contribution in [0, 0.1) is 6.92 Å². The Bertz CT molecular complexity index is 524. The molecule has 102 valence electrons. The predicted molar refractivity (Wildman–Crippen MR) is 75.4 cm³/mol. The van der Waals surface area contributed by atoms with Crippen LogP contribution < -0.4 is 10.2 Å². The fraction of sp³-hybridized carbons (Fsp3) is 0.429. The zero-order valence-corrected chi connectivity index (χ0v) is 12.0. The molecule has 4 nitrogen and oxygen atoms in total. The molecule has 0 spiro atoms. The van der Waals surface area contributed by atoms with Crippen molar-refractivity contribution in [1.29, 1.82) is 0 Å². The van der Waals surface area contributed by atoms with E-state index in [4.69, 9.17) is 11.6 Å². The summed E-state index contributed by atoms with van der Waals surface area (Å²) < 4.78 is 0. The summed E-state index contributed by atoms with van der Waals surface area (Å²) >= 11 is 6.19. The number of benzene rings is 1. The third-order valence-corrected chi connectivity index (χ3v) is 3.90. The summed E-state index contributed by atoms with van der Waals surface area (Å²) in [5, 5.41) is 3.25. The molecule has 1 aromatic rings. The molecule has 1 aliphatic rings. The van der Waals surface area contributed by atoms with Crippen LogP contribution in [0.2, 0.25) is 5.02 Å². The van der Waals surface area contributed by atoms with Gasteiger partial charge in [0.1, 0.15) is 12.1 Å². The van der Waals surface area contributed by atoms with Crippen LogP contribution in [-0.4, -0.2) is 23.9 Å². The topological polar surface area (TPSA) is 49.4 Å². The van der Waals surface area contributed by atoms with Crippen LogP contribution in [0.4, 0.5) is 5.69 Å². The van der Waals surface area contributed by atoms with Crippen molar-refractivity contribution in [2.24, 2.45) is 0 Å². The second-order valence-electron chi connectivity index (χ2n) is 5.03. The average molecular weight is 281 g/mol. The van der Waals surface area contributed by atoms with E-state index in [1.165, 1.54) is 4.90 Å². The van der Waals surface area contributed by atoms with Gasteiger partial charge in [0.05, 0.1) is 10.7 Å². The van der Waals surface area contributed by atoms with Crippen molar-refractivity contribution < 1.29 is 9.59 Å². The first kappa shape index (κ1) is 13.9. The maximum Gasteiger partial charge on any atom is 0.252 e. The van der Waals surface area contributed by atoms with Crippen LogP contribution in [0.15, 0.2) is 18.2 Å². The number of carbonyl (C=O) groups is 2. The molecule has 1 saturated heterocycles. The van der Waals surface area contributed by atoms with Crippen LogP contribution in [0.1, 0.15) is 25.8 Å². The highest BCUT2D eigenvalue weighted by Crippen LogP contribution is 2.32. The first-order valence-corrected chi connectivity index (χ1v) is 6.65. The van der Waals surface area contributed by atoms with Gasteiger partial charge in [-0.3, -0.25) is 14.5 Å². The van der Waals surface area contributed by atoms with Crippen molar-refractivity contribution >= 4 is 29.1 Å². The van der Waals surface area contributed by atoms with Gasteiger partial charge in [0.25, 0.3) is 5.91 Å². The Morgan fingerprint density at radius 2 is 2.11 bits per heavy atom. The number of anilines is 1. The van der Waals surface area contributed by atoms with E-state index < -0.39 is 5.54 Å². The van der Waals surface area contributed by atoms with Gasteiger partial charge >= 0.3 is 0 Å². The van der Waals surface area contributed by atoms with E-state index in [1.54, 1.807) is 13.0 Å². The number of carbonyl (C=O) groups excluding carboxylic acids is 2. The van der Waals surface area contributed by atoms with E-state index in [-0.39, 0.29) is 18.4 Å². The summed E-state index contributed by atoms with van der Waals surface area (Å²) in [6.07, 6.45) is 0.539. The number of piperazine rings is 1. The number of halogens is 1. The van der Waals surface area contributed by atoms with Crippen molar-refractivity contribution in [3.05, 3.63) is 28.8 Å². The zero-order chi connectivity index (χ0) is 14.2. The number of para-hydroxylation sites is 1. The molecule has 1 atom stereocenters. The minimum absolute atomic E-state index is 0.0129. The third-order valence-electron chi connectivity index (χ3n) is 3.60. The van der Waals surface area contributed by atoms with E-state index in [0.29, 0.717) is 17.1 Å². The van der Waals surface area contributed by atoms with E-state index in [2.05, 4.69) is 5.32 Å². The molecule has 1 unspecified atom stereocenters. The molecule has 1 N–H and O–H groups in total. The van der Waals surface area contributed by atoms with E-state index in [0.717, 1.165) is 5.56 Å². The minimum Gasteiger partial charge on any atom is -0.340 e. The quantitative estimate of drug-likeness (QED) is 0.903. The lowest BCUT2D eigenvalue weighted by Gasteiger charge is -2.40. The molecular formula is C14H17ClN2O2. The minimum atomic E-state index is -0.860. The number of amides is 2. The second-order valence-corrected chi connectivity index (χ2v) is 5.44. The largest absolute Gasteiger partial charge is 0.340 e. The van der Waals surface area contributed by atoms with E-state index in [9.17, 15) is 9.59 Å². The monoisotopic (exact) mass is 280 g/mol. The van der Waals surface area contributed by atoms with Gasteiger partial charge in [0.15, 0.2) is 0 Å². The lowest BCUT2D eigenvalue weighted by molar-refractivity contribution is -0.135. The Hall–Kier alpha value is -1.55. The molecule has 0 aromatic heterocycles. The van der Waals surface area contributed by atoms with E-state index >= 15 is 0 Å². The van der Waals surface area contributed by atoms with Crippen LogP contribution >= 0.6 is 11.6 Å². The molecular weight excluding hydrogens is 264 g/mol. The number of nitrogens with zero attached hydrogens (tertiary/aromatic N) is 1. The molecule has 1 aliphatic heterocycles. The highest BCUT2D eigenvalue weighted by Gasteiger charge is 2.42. The number of hydrogen-bond acceptors (Lipinski definition) is 2. The molecule has 0 radical (unpaired) electrons. The Morgan fingerprint density at radius 3 is 2.68 bits per heavy atom. The Labute approximate surface area is 117 Å². The lowest BCUT2D eigenvalue weighted by atomic mass is 9.93. The smallest absolute Gasteiger partial charge is 0.252 e. The van der Waals surface area contributed by atoms with Crippen molar-refractivity contribution in [2.75, 3.05) is 11.4 Å². The van der Waals surface area contributed by atoms with Crippen molar-refractivity contribution in [3.63, 3.8) is 0 Å². The molecule has 0 saturated carbocycles. The van der Waals surface area contributed by atoms with Gasteiger partial charge in [0.2, 0.25) is 5.91 Å². The highest BCUT2D eigenvalue weighted by atomic mass is 35.5. The molecule has 2 amide bonds. The van der Waals surface area contributed by atoms with Crippen molar-refractivity contribution in [1.82, 2.24) is 5.32 Å². The molecule has 0 bridgehead atoms. The van der Waals surface area contributed by atoms with E-state index in [1.807, 2.05) is 26.0 Å². The first-order chi connectivity index (χ1) is 8.89. The summed E-state index contributed by atoms with van der Waals surface area (Å²) in [6, 6.07) is 5.44. The van der Waals surface area contributed by atoms with Gasteiger partial charge in [-0.2, -0.15) is 0 Å². The fourth-order valence-corrected chi connectivity index (χ4v) is 2.62. The summed E-state index contributed by atoms with van der Waals surface area (Å²) in [4.78, 5) is 25.9. The maximum atomic E-state index is 12.6. The standard InChI is InChI=1S/C14H17ClN2O2/c1-4-14(3)13(19)17(8-11(18)16-14)12-9(2)6-5-7-10(12)15/h5-7H,4,8H2,1-3H3,(H,16,18). The Balaban J connectivity index is 2.49. The lowest BCUT2D eigenvalue weighted by Crippen LogP contribution is -2.65. The number of hydrogen-bond donors (Lipinski definition) is 1. The molecule has 2 rings (SSSR count). The Kier molecular flexibility index (Phi) is 3.54. The van der Waals surface area contributed by atoms with Gasteiger partial charge in [0, 0.05) is 0 Å². The normalized spacial score (nSPS) is 23.5. The van der Waals surface area contributed by atoms with Gasteiger partial charge in [-0.15, -0.1) is 0 Å². The van der Waals surface area contributed by atoms with Gasteiger partial charge < -0.3 is 5.32 Å². The zero-order valence-electron chi connectivity index (χ0n) is 11.3. The van der Waals surface area contributed by atoms with Crippen LogP contribution in [0.3, 0.4) is 0 Å². The van der Waals surface area contributed by atoms with Crippen LogP contribution in [0.5, 0.6) is 0 Å². The van der Waals surface area contributed by atoms with Gasteiger partial charge in [-0.1, -0.05) is 30.7 Å². The number of nitrogens with one attached hydrogen (secondary N) is 1. The molecule has 1 aromatic carbocycles. The third kappa shape index (κ3) is 2.32. The highest BCUT2D eigenvalue weighted by molar-refractivity contribution is 6.34. The molecule has 0 aliphatic carbocycles. The van der Waals surface area contributed by atoms with Gasteiger partial charge in [-0.25, -0.2) is 0 Å². The number of aryl methyl sites for hydroxylation is 1. The summed E-state index contributed by atoms with van der Waals surface area (Å²) in [6.45, 7) is 5.51. The number of rotatable bonds is 2. The van der Waals surface area contributed by atoms with Crippen LogP contribution in [0.25, 0.3) is 0 Å². The maximum absolute atomic E-state index is 12.6. The van der Waals surface area contributed by atoms with Gasteiger partial charge in [-0.05, 0) is 31.9 Å². The molecule has 1 heterocycles. The summed E-state index contributed by atoms with van der Waals surface area (Å²) in [7, 11) is 0. The summed E-state index contributed by atoms with van der Waals surface area (Å²) in [5.74, 6) is -0.283. The van der Waals surface area contributed by atoms with Crippen molar-refractivity contribution in [3.8, 4) is 0 Å². The average Bonchev–Trinajstić information content (AvgIpc) is 2.35. The van der Waals surface area contributed by atoms with Crippen molar-refractivity contribution in [2.45, 2.75) is 32.7 Å². The molecule has 19 heavy (non-hydrogen) atoms. The SMILES string of the molecule is CCC1(C)NC(=O)CN(c2c(C)cccc2Cl)C1=O. The fourth-order valence-electron chi connectivity index (χ4n) is 2.30. The summed E-state index contributed by atoms with van der Waals surface area (Å²) in [5.41, 5.74) is 0.652. The van der Waals surface area contributed by atoms with Crippen LogP contribution in [-0.2, 0) is 9.59 Å². The molecule has 5 heteroatoms. The second kappa shape index (κ2) is 4.85. The molecule has 1 fully saturated rings. The predicted octanol–water partition coefficient (Wildman–Crippen LogP) is 2.28.